The average molecular weight is 227 g/mol. The van der Waals surface area contributed by atoms with Crippen molar-refractivity contribution in [2.24, 2.45) is 5.73 Å². The highest BCUT2D eigenvalue weighted by molar-refractivity contribution is 4.99. The summed E-state index contributed by atoms with van der Waals surface area (Å²) >= 11 is 0. The maximum Gasteiger partial charge on any atom is 0.243 e. The summed E-state index contributed by atoms with van der Waals surface area (Å²) in [7, 11) is 0. The minimum absolute atomic E-state index is 0.0193. The first-order valence-electron chi connectivity index (χ1n) is 5.59. The lowest BCUT2D eigenvalue weighted by Crippen LogP contribution is -2.17. The normalized spacial score (nSPS) is 23.2. The van der Waals surface area contributed by atoms with Crippen LogP contribution in [0.1, 0.15) is 42.9 Å². The number of ether oxygens (including phenoxy) is 1. The van der Waals surface area contributed by atoms with Crippen LogP contribution in [0.5, 0.6) is 0 Å². The number of hydrogen-bond donors (Lipinski definition) is 2. The van der Waals surface area contributed by atoms with Crippen LogP contribution in [-0.2, 0) is 4.74 Å². The van der Waals surface area contributed by atoms with Crippen LogP contribution in [-0.4, -0.2) is 35.1 Å². The molecule has 1 aliphatic rings. The van der Waals surface area contributed by atoms with E-state index < -0.39 is 0 Å². The van der Waals surface area contributed by atoms with Gasteiger partial charge in [-0.15, -0.1) is 0 Å². The number of hydrogen-bond acceptors (Lipinski definition) is 6. The molecule has 0 saturated carbocycles. The van der Waals surface area contributed by atoms with Crippen LogP contribution in [0.15, 0.2) is 4.52 Å². The van der Waals surface area contributed by atoms with E-state index in [0.29, 0.717) is 24.7 Å². The third-order valence-electron chi connectivity index (χ3n) is 2.74. The van der Waals surface area contributed by atoms with Crippen molar-refractivity contribution in [1.29, 1.82) is 0 Å². The maximum atomic E-state index is 8.76. The molecule has 1 aromatic rings. The van der Waals surface area contributed by atoms with E-state index in [1.54, 1.807) is 0 Å². The fourth-order valence-corrected chi connectivity index (χ4v) is 1.77. The summed E-state index contributed by atoms with van der Waals surface area (Å²) in [6.45, 7) is 1.48. The predicted molar refractivity (Wildman–Crippen MR) is 55.7 cm³/mol. The number of aromatic nitrogens is 2. The average Bonchev–Trinajstić information content (AvgIpc) is 2.80. The minimum atomic E-state index is -0.379. The fraction of sp³-hybridized carbons (Fsp3) is 0.800. The first kappa shape index (κ1) is 11.5. The first-order valence-corrected chi connectivity index (χ1v) is 5.59. The largest absolute Gasteiger partial charge is 0.396 e. The molecule has 6 heteroatoms. The second-order valence-electron chi connectivity index (χ2n) is 4.02. The van der Waals surface area contributed by atoms with Gasteiger partial charge in [-0.1, -0.05) is 5.16 Å². The molecule has 2 atom stereocenters. The molecule has 6 nitrogen and oxygen atoms in total. The standard InChI is InChI=1S/C10H17N3O3/c11-8(3-4-14)10-12-9(13-16-10)7-2-1-5-15-6-7/h7-8,14H,1-6,11H2. The van der Waals surface area contributed by atoms with Gasteiger partial charge in [0.2, 0.25) is 5.89 Å². The van der Waals surface area contributed by atoms with Crippen molar-refractivity contribution in [2.45, 2.75) is 31.2 Å². The van der Waals surface area contributed by atoms with Gasteiger partial charge < -0.3 is 20.1 Å². The Hall–Kier alpha value is -0.980. The van der Waals surface area contributed by atoms with Crippen molar-refractivity contribution in [2.75, 3.05) is 19.8 Å². The molecule has 3 N–H and O–H groups in total. The molecule has 90 valence electrons. The molecule has 2 unspecified atom stereocenters. The third kappa shape index (κ3) is 2.58. The van der Waals surface area contributed by atoms with Gasteiger partial charge in [0.15, 0.2) is 5.82 Å². The molecule has 0 aliphatic carbocycles. The molecule has 1 aliphatic heterocycles. The highest BCUT2D eigenvalue weighted by Crippen LogP contribution is 2.24. The first-order chi connectivity index (χ1) is 7.81. The summed E-state index contributed by atoms with van der Waals surface area (Å²) in [4.78, 5) is 4.26. The third-order valence-corrected chi connectivity index (χ3v) is 2.74. The Morgan fingerprint density at radius 2 is 2.44 bits per heavy atom. The van der Waals surface area contributed by atoms with Crippen LogP contribution in [0.3, 0.4) is 0 Å². The molecule has 0 aromatic carbocycles. The zero-order valence-corrected chi connectivity index (χ0v) is 9.13. The number of nitrogens with zero attached hydrogens (tertiary/aromatic N) is 2. The number of rotatable bonds is 4. The van der Waals surface area contributed by atoms with E-state index in [2.05, 4.69) is 10.1 Å². The molecule has 1 aromatic heterocycles. The summed E-state index contributed by atoms with van der Waals surface area (Å²) < 4.78 is 10.4. The van der Waals surface area contributed by atoms with E-state index in [1.165, 1.54) is 0 Å². The molecule has 0 amide bonds. The fourth-order valence-electron chi connectivity index (χ4n) is 1.77. The van der Waals surface area contributed by atoms with E-state index in [-0.39, 0.29) is 18.6 Å². The SMILES string of the molecule is NC(CCO)c1nc(C2CCCOC2)no1. The Morgan fingerprint density at radius 3 is 3.12 bits per heavy atom. The van der Waals surface area contributed by atoms with Crippen LogP contribution < -0.4 is 5.73 Å². The van der Waals surface area contributed by atoms with Crippen molar-refractivity contribution in [3.63, 3.8) is 0 Å². The lowest BCUT2D eigenvalue weighted by atomic mass is 10.0. The van der Waals surface area contributed by atoms with Crippen LogP contribution in [0.2, 0.25) is 0 Å². The van der Waals surface area contributed by atoms with E-state index >= 15 is 0 Å². The topological polar surface area (TPSA) is 94.4 Å². The Kier molecular flexibility index (Phi) is 3.87. The Bertz CT molecular complexity index is 323. The predicted octanol–water partition coefficient (Wildman–Crippen LogP) is 0.346. The number of aliphatic hydroxyl groups is 1. The lowest BCUT2D eigenvalue weighted by Gasteiger charge is -2.18. The van der Waals surface area contributed by atoms with Gasteiger partial charge in [-0.05, 0) is 19.3 Å². The van der Waals surface area contributed by atoms with Gasteiger partial charge in [0.05, 0.1) is 12.6 Å². The smallest absolute Gasteiger partial charge is 0.243 e. The molecule has 16 heavy (non-hydrogen) atoms. The van der Waals surface area contributed by atoms with Crippen LogP contribution in [0.25, 0.3) is 0 Å². The molecule has 0 spiro atoms. The summed E-state index contributed by atoms with van der Waals surface area (Å²) in [6.07, 6.45) is 2.48. The van der Waals surface area contributed by atoms with Crippen molar-refractivity contribution in [3.8, 4) is 0 Å². The van der Waals surface area contributed by atoms with E-state index in [1.807, 2.05) is 0 Å². The van der Waals surface area contributed by atoms with Crippen molar-refractivity contribution >= 4 is 0 Å². The molecular formula is C10H17N3O3. The van der Waals surface area contributed by atoms with Crippen LogP contribution in [0, 0.1) is 0 Å². The molecule has 2 rings (SSSR count). The summed E-state index contributed by atoms with van der Waals surface area (Å²) in [5.74, 6) is 1.28. The van der Waals surface area contributed by atoms with E-state index in [9.17, 15) is 0 Å². The summed E-state index contributed by atoms with van der Waals surface area (Å²) in [5.41, 5.74) is 5.76. The quantitative estimate of drug-likeness (QED) is 0.770. The van der Waals surface area contributed by atoms with Crippen LogP contribution in [0.4, 0.5) is 0 Å². The highest BCUT2D eigenvalue weighted by Gasteiger charge is 2.23. The number of aliphatic hydroxyl groups excluding tert-OH is 1. The maximum absolute atomic E-state index is 8.76. The van der Waals surface area contributed by atoms with Gasteiger partial charge in [0, 0.05) is 19.1 Å². The highest BCUT2D eigenvalue weighted by atomic mass is 16.5. The summed E-state index contributed by atoms with van der Waals surface area (Å²) in [5, 5.41) is 12.7. The molecule has 2 heterocycles. The monoisotopic (exact) mass is 227 g/mol. The van der Waals surface area contributed by atoms with Gasteiger partial charge >= 0.3 is 0 Å². The molecule has 1 fully saturated rings. The molecule has 1 saturated heterocycles. The van der Waals surface area contributed by atoms with Crippen LogP contribution >= 0.6 is 0 Å². The van der Waals surface area contributed by atoms with Gasteiger partial charge in [0.25, 0.3) is 0 Å². The van der Waals surface area contributed by atoms with Gasteiger partial charge in [-0.2, -0.15) is 4.98 Å². The number of nitrogens with two attached hydrogens (primary N) is 1. The second-order valence-corrected chi connectivity index (χ2v) is 4.02. The van der Waals surface area contributed by atoms with Gasteiger partial charge in [0.1, 0.15) is 0 Å². The van der Waals surface area contributed by atoms with Crippen molar-refractivity contribution in [1.82, 2.24) is 10.1 Å². The van der Waals surface area contributed by atoms with E-state index in [0.717, 1.165) is 19.4 Å². The molecular weight excluding hydrogens is 210 g/mol. The second kappa shape index (κ2) is 5.38. The Morgan fingerprint density at radius 1 is 1.56 bits per heavy atom. The van der Waals surface area contributed by atoms with Crippen molar-refractivity contribution in [3.05, 3.63) is 11.7 Å². The summed E-state index contributed by atoms with van der Waals surface area (Å²) in [6, 6.07) is -0.379. The lowest BCUT2D eigenvalue weighted by molar-refractivity contribution is 0.0773. The van der Waals surface area contributed by atoms with E-state index in [4.69, 9.17) is 20.1 Å². The Labute approximate surface area is 93.8 Å². The van der Waals surface area contributed by atoms with Crippen molar-refractivity contribution < 1.29 is 14.4 Å². The zero-order chi connectivity index (χ0) is 11.4. The van der Waals surface area contributed by atoms with Gasteiger partial charge in [-0.3, -0.25) is 0 Å². The molecule has 0 radical (unpaired) electrons. The molecule has 0 bridgehead atoms. The minimum Gasteiger partial charge on any atom is -0.396 e. The van der Waals surface area contributed by atoms with Gasteiger partial charge in [-0.25, -0.2) is 0 Å². The zero-order valence-electron chi connectivity index (χ0n) is 9.13. The Balaban J connectivity index is 2.00.